The summed E-state index contributed by atoms with van der Waals surface area (Å²) in [5.41, 5.74) is 3.25. The molecule has 1 saturated heterocycles. The molecule has 0 saturated carbocycles. The molecule has 1 aromatic carbocycles. The monoisotopic (exact) mass is 464 g/mol. The van der Waals surface area contributed by atoms with Crippen LogP contribution in [0.2, 0.25) is 0 Å². The summed E-state index contributed by atoms with van der Waals surface area (Å²) in [6.07, 6.45) is -0.117. The van der Waals surface area contributed by atoms with Gasteiger partial charge in [-0.2, -0.15) is 0 Å². The molecule has 1 atom stereocenters. The van der Waals surface area contributed by atoms with Crippen LogP contribution in [0.25, 0.3) is 0 Å². The number of amides is 4. The number of fused-ring (bicyclic) bond motifs is 1. The number of imide groups is 1. The van der Waals surface area contributed by atoms with E-state index < -0.39 is 18.0 Å². The number of carbonyl (C=O) groups excluding carboxylic acids is 4. The molecule has 1 aromatic heterocycles. The Bertz CT molecular complexity index is 1200. The summed E-state index contributed by atoms with van der Waals surface area (Å²) in [7, 11) is 1.62. The number of hydrogen-bond acceptors (Lipinski definition) is 6. The molecule has 2 aliphatic rings. The first-order chi connectivity index (χ1) is 15.9. The molecule has 9 nitrogen and oxygen atoms in total. The van der Waals surface area contributed by atoms with Gasteiger partial charge in [0.25, 0.3) is 5.91 Å². The molecule has 0 spiro atoms. The molecule has 3 heterocycles. The number of carbonyl (C=O) groups is 4. The summed E-state index contributed by atoms with van der Waals surface area (Å²) in [5, 5.41) is 2.29. The topological polar surface area (TPSA) is 109 Å². The lowest BCUT2D eigenvalue weighted by Crippen LogP contribution is -2.52. The zero-order valence-corrected chi connectivity index (χ0v) is 20.0. The predicted molar refractivity (Wildman–Crippen MR) is 125 cm³/mol. The van der Waals surface area contributed by atoms with Gasteiger partial charge in [-0.25, -0.2) is 4.79 Å². The fourth-order valence-corrected chi connectivity index (χ4v) is 4.10. The smallest absolute Gasteiger partial charge is 0.410 e. The zero-order valence-electron chi connectivity index (χ0n) is 20.0. The molecule has 2 aliphatic heterocycles. The minimum Gasteiger partial charge on any atom is -0.410 e. The zero-order chi connectivity index (χ0) is 24.8. The van der Waals surface area contributed by atoms with Gasteiger partial charge in [0.05, 0.1) is 5.69 Å². The van der Waals surface area contributed by atoms with Gasteiger partial charge in [-0.1, -0.05) is 26.8 Å². The Labute approximate surface area is 198 Å². The van der Waals surface area contributed by atoms with Crippen LogP contribution in [0.1, 0.15) is 60.9 Å². The van der Waals surface area contributed by atoms with Gasteiger partial charge in [0, 0.05) is 42.4 Å². The van der Waals surface area contributed by atoms with Crippen molar-refractivity contribution in [2.75, 3.05) is 11.9 Å². The average Bonchev–Trinajstić information content (AvgIpc) is 3.08. The van der Waals surface area contributed by atoms with Gasteiger partial charge in [0.1, 0.15) is 11.8 Å². The van der Waals surface area contributed by atoms with E-state index in [0.29, 0.717) is 17.7 Å². The van der Waals surface area contributed by atoms with Crippen molar-refractivity contribution in [1.29, 1.82) is 0 Å². The molecule has 178 valence electrons. The Morgan fingerprint density at radius 3 is 2.59 bits per heavy atom. The van der Waals surface area contributed by atoms with Gasteiger partial charge in [0.2, 0.25) is 11.8 Å². The SMILES string of the molecule is Cc1cc(N(C)C(=O)Oc2ccc3c(c2)C(=O)N(C2CCC(=O)NC2=O)C3)cc(C(C)(C)C)n1. The highest BCUT2D eigenvalue weighted by atomic mass is 16.6. The lowest BCUT2D eigenvalue weighted by molar-refractivity contribution is -0.136. The second kappa shape index (κ2) is 8.55. The minimum absolute atomic E-state index is 0.180. The molecule has 0 radical (unpaired) electrons. The van der Waals surface area contributed by atoms with Gasteiger partial charge < -0.3 is 9.64 Å². The quantitative estimate of drug-likeness (QED) is 0.700. The van der Waals surface area contributed by atoms with Crippen molar-refractivity contribution in [1.82, 2.24) is 15.2 Å². The first-order valence-corrected chi connectivity index (χ1v) is 11.2. The molecule has 1 N–H and O–H groups in total. The maximum atomic E-state index is 13.0. The van der Waals surface area contributed by atoms with E-state index in [4.69, 9.17) is 4.74 Å². The Kier molecular flexibility index (Phi) is 5.89. The second-order valence-electron chi connectivity index (χ2n) is 9.75. The summed E-state index contributed by atoms with van der Waals surface area (Å²) in [6, 6.07) is 7.84. The molecule has 0 aliphatic carbocycles. The van der Waals surface area contributed by atoms with Crippen molar-refractivity contribution in [3.8, 4) is 5.75 Å². The molecule has 1 fully saturated rings. The second-order valence-corrected chi connectivity index (χ2v) is 9.75. The van der Waals surface area contributed by atoms with Crippen molar-refractivity contribution in [2.45, 2.75) is 58.5 Å². The first-order valence-electron chi connectivity index (χ1n) is 11.2. The minimum atomic E-state index is -0.693. The predicted octanol–water partition coefficient (Wildman–Crippen LogP) is 3.08. The summed E-state index contributed by atoms with van der Waals surface area (Å²) < 4.78 is 5.56. The first kappa shape index (κ1) is 23.4. The van der Waals surface area contributed by atoms with Crippen LogP contribution >= 0.6 is 0 Å². The number of pyridine rings is 1. The maximum absolute atomic E-state index is 13.0. The van der Waals surface area contributed by atoms with Crippen molar-refractivity contribution < 1.29 is 23.9 Å². The summed E-state index contributed by atoms with van der Waals surface area (Å²) in [6.45, 7) is 8.29. The maximum Gasteiger partial charge on any atom is 0.419 e. The highest BCUT2D eigenvalue weighted by Crippen LogP contribution is 2.31. The highest BCUT2D eigenvalue weighted by Gasteiger charge is 2.39. The van der Waals surface area contributed by atoms with Crippen molar-refractivity contribution in [3.63, 3.8) is 0 Å². The van der Waals surface area contributed by atoms with E-state index in [1.54, 1.807) is 25.2 Å². The average molecular weight is 465 g/mol. The van der Waals surface area contributed by atoms with E-state index in [0.717, 1.165) is 17.0 Å². The fraction of sp³-hybridized carbons (Fsp3) is 0.400. The molecule has 1 unspecified atom stereocenters. The molecular formula is C25H28N4O5. The van der Waals surface area contributed by atoms with E-state index in [2.05, 4.69) is 31.1 Å². The third-order valence-corrected chi connectivity index (χ3v) is 6.07. The molecule has 9 heteroatoms. The summed E-state index contributed by atoms with van der Waals surface area (Å²) in [4.78, 5) is 56.9. The number of anilines is 1. The lowest BCUT2D eigenvalue weighted by Gasteiger charge is -2.29. The number of ether oxygens (including phenoxy) is 1. The standard InChI is InChI=1S/C25H28N4O5/c1-14-10-16(11-20(26-14)25(2,3)4)28(5)24(33)34-17-7-6-15-13-29(23(32)18(15)12-17)19-8-9-21(30)27-22(19)31/h6-7,10-12,19H,8-9,13H2,1-5H3,(H,27,30,31). The van der Waals surface area contributed by atoms with Gasteiger partial charge in [-0.05, 0) is 43.2 Å². The molecule has 0 bridgehead atoms. The molecule has 4 rings (SSSR count). The lowest BCUT2D eigenvalue weighted by atomic mass is 9.91. The molecule has 4 amide bonds. The van der Waals surface area contributed by atoms with E-state index in [-0.39, 0.29) is 35.9 Å². The van der Waals surface area contributed by atoms with Crippen LogP contribution in [0, 0.1) is 6.92 Å². The highest BCUT2D eigenvalue weighted by molar-refractivity contribution is 6.05. The van der Waals surface area contributed by atoms with Crippen molar-refractivity contribution >= 4 is 29.5 Å². The molecule has 34 heavy (non-hydrogen) atoms. The Morgan fingerprint density at radius 1 is 1.18 bits per heavy atom. The van der Waals surface area contributed by atoms with Crippen molar-refractivity contribution in [2.24, 2.45) is 0 Å². The van der Waals surface area contributed by atoms with E-state index in [9.17, 15) is 19.2 Å². The fourth-order valence-electron chi connectivity index (χ4n) is 4.10. The van der Waals surface area contributed by atoms with Crippen LogP contribution in [0.4, 0.5) is 10.5 Å². The van der Waals surface area contributed by atoms with Gasteiger partial charge in [0.15, 0.2) is 0 Å². The largest absolute Gasteiger partial charge is 0.419 e. The molecule has 2 aromatic rings. The van der Waals surface area contributed by atoms with Gasteiger partial charge in [-0.3, -0.25) is 29.6 Å². The number of hydrogen-bond donors (Lipinski definition) is 1. The van der Waals surface area contributed by atoms with Crippen LogP contribution in [-0.2, 0) is 21.5 Å². The number of aryl methyl sites for hydroxylation is 1. The number of aromatic nitrogens is 1. The van der Waals surface area contributed by atoms with E-state index in [1.165, 1.54) is 15.9 Å². The van der Waals surface area contributed by atoms with Crippen LogP contribution in [0.5, 0.6) is 5.75 Å². The number of rotatable bonds is 3. The van der Waals surface area contributed by atoms with Crippen LogP contribution < -0.4 is 15.0 Å². The molecular weight excluding hydrogens is 436 g/mol. The third kappa shape index (κ3) is 4.50. The summed E-state index contributed by atoms with van der Waals surface area (Å²) >= 11 is 0. The van der Waals surface area contributed by atoms with E-state index >= 15 is 0 Å². The Balaban J connectivity index is 1.50. The number of nitrogens with zero attached hydrogens (tertiary/aromatic N) is 3. The van der Waals surface area contributed by atoms with Crippen LogP contribution in [-0.4, -0.2) is 46.8 Å². The Hall–Kier alpha value is -3.75. The Morgan fingerprint density at radius 2 is 1.91 bits per heavy atom. The summed E-state index contributed by atoms with van der Waals surface area (Å²) in [5.74, 6) is -0.887. The number of benzene rings is 1. The number of nitrogens with one attached hydrogen (secondary N) is 1. The third-order valence-electron chi connectivity index (χ3n) is 6.07. The van der Waals surface area contributed by atoms with Gasteiger partial charge >= 0.3 is 6.09 Å². The van der Waals surface area contributed by atoms with Gasteiger partial charge in [-0.15, -0.1) is 0 Å². The van der Waals surface area contributed by atoms with Crippen molar-refractivity contribution in [3.05, 3.63) is 52.8 Å². The normalized spacial score (nSPS) is 18.0. The van der Waals surface area contributed by atoms with E-state index in [1.807, 2.05) is 13.0 Å². The van der Waals surface area contributed by atoms with Crippen LogP contribution in [0.15, 0.2) is 30.3 Å². The number of piperidine rings is 1. The van der Waals surface area contributed by atoms with Crippen LogP contribution in [0.3, 0.4) is 0 Å².